The Morgan fingerprint density at radius 3 is 2.85 bits per heavy atom. The Kier molecular flexibility index (Phi) is 2.99. The van der Waals surface area contributed by atoms with Crippen molar-refractivity contribution in [3.8, 4) is 0 Å². The molecule has 0 spiro atoms. The molecule has 0 heterocycles. The fourth-order valence-electron chi connectivity index (χ4n) is 1.94. The van der Waals surface area contributed by atoms with Gasteiger partial charge in [0, 0.05) is 19.4 Å². The van der Waals surface area contributed by atoms with Gasteiger partial charge in [-0.05, 0) is 25.2 Å². The summed E-state index contributed by atoms with van der Waals surface area (Å²) in [5.74, 6) is 1.34. The number of carbonyl (C=O) groups is 1. The molecule has 2 aliphatic carbocycles. The van der Waals surface area contributed by atoms with Gasteiger partial charge in [0.2, 0.25) is 0 Å². The van der Waals surface area contributed by atoms with Gasteiger partial charge in [0.05, 0.1) is 6.10 Å². The molecule has 0 amide bonds. The zero-order chi connectivity index (χ0) is 9.10. The number of rotatable bonds is 4. The molecule has 0 N–H and O–H groups in total. The Bertz CT molecular complexity index is 185. The minimum atomic E-state index is 0.250. The van der Waals surface area contributed by atoms with Gasteiger partial charge in [0.15, 0.2) is 0 Å². The van der Waals surface area contributed by atoms with Crippen LogP contribution >= 0.6 is 0 Å². The summed E-state index contributed by atoms with van der Waals surface area (Å²) in [5.41, 5.74) is 0. The average molecular weight is 182 g/mol. The second kappa shape index (κ2) is 4.23. The molecule has 1 atom stereocenters. The van der Waals surface area contributed by atoms with Crippen LogP contribution in [0.2, 0.25) is 0 Å². The first-order valence-corrected chi connectivity index (χ1v) is 5.48. The highest BCUT2D eigenvalue weighted by Crippen LogP contribution is 2.32. The monoisotopic (exact) mass is 182 g/mol. The Labute approximate surface area is 79.7 Å². The van der Waals surface area contributed by atoms with Crippen LogP contribution < -0.4 is 0 Å². The van der Waals surface area contributed by atoms with Crippen LogP contribution in [0.25, 0.3) is 0 Å². The number of hydrogen-bond donors (Lipinski definition) is 0. The summed E-state index contributed by atoms with van der Waals surface area (Å²) >= 11 is 0. The quantitative estimate of drug-likeness (QED) is 0.667. The van der Waals surface area contributed by atoms with Gasteiger partial charge in [-0.15, -0.1) is 0 Å². The van der Waals surface area contributed by atoms with Crippen LogP contribution in [0.15, 0.2) is 0 Å². The molecular weight excluding hydrogens is 164 g/mol. The molecule has 2 saturated carbocycles. The number of ketones is 1. The van der Waals surface area contributed by atoms with Crippen LogP contribution in [0, 0.1) is 5.92 Å². The van der Waals surface area contributed by atoms with Crippen molar-refractivity contribution < 1.29 is 9.53 Å². The second-order valence-corrected chi connectivity index (χ2v) is 4.36. The standard InChI is InChI=1S/C11H18O2/c12-10-2-1-3-11(8-10)13-7-6-9-4-5-9/h9,11H,1-8H2. The summed E-state index contributed by atoms with van der Waals surface area (Å²) in [6, 6.07) is 0. The molecule has 0 radical (unpaired) electrons. The van der Waals surface area contributed by atoms with Gasteiger partial charge >= 0.3 is 0 Å². The van der Waals surface area contributed by atoms with E-state index in [0.29, 0.717) is 12.2 Å². The molecule has 0 saturated heterocycles. The zero-order valence-electron chi connectivity index (χ0n) is 8.13. The third kappa shape index (κ3) is 3.11. The Morgan fingerprint density at radius 2 is 2.15 bits per heavy atom. The first-order valence-electron chi connectivity index (χ1n) is 5.48. The molecule has 2 heteroatoms. The third-order valence-corrected chi connectivity index (χ3v) is 3.01. The summed E-state index contributed by atoms with van der Waals surface area (Å²) in [6.45, 7) is 0.878. The third-order valence-electron chi connectivity index (χ3n) is 3.01. The molecule has 2 fully saturated rings. The SMILES string of the molecule is O=C1CCCC(OCCC2CC2)C1. The van der Waals surface area contributed by atoms with Gasteiger partial charge in [0.25, 0.3) is 0 Å². The summed E-state index contributed by atoms with van der Waals surface area (Å²) in [4.78, 5) is 11.1. The van der Waals surface area contributed by atoms with Gasteiger partial charge in [-0.3, -0.25) is 4.79 Å². The van der Waals surface area contributed by atoms with Crippen molar-refractivity contribution in [3.63, 3.8) is 0 Å². The van der Waals surface area contributed by atoms with E-state index in [2.05, 4.69) is 0 Å². The maximum Gasteiger partial charge on any atom is 0.135 e. The summed E-state index contributed by atoms with van der Waals surface area (Å²) in [5, 5.41) is 0. The molecule has 0 aromatic rings. The summed E-state index contributed by atoms with van der Waals surface area (Å²) < 4.78 is 5.68. The van der Waals surface area contributed by atoms with E-state index in [9.17, 15) is 4.79 Å². The van der Waals surface area contributed by atoms with Crippen molar-refractivity contribution in [3.05, 3.63) is 0 Å². The molecule has 0 aromatic carbocycles. The number of carbonyl (C=O) groups excluding carboxylic acids is 1. The highest BCUT2D eigenvalue weighted by molar-refractivity contribution is 5.79. The van der Waals surface area contributed by atoms with Crippen molar-refractivity contribution in [1.82, 2.24) is 0 Å². The van der Waals surface area contributed by atoms with Gasteiger partial charge in [-0.1, -0.05) is 12.8 Å². The van der Waals surface area contributed by atoms with Gasteiger partial charge in [-0.2, -0.15) is 0 Å². The van der Waals surface area contributed by atoms with E-state index in [1.807, 2.05) is 0 Å². The highest BCUT2D eigenvalue weighted by Gasteiger charge is 2.23. The largest absolute Gasteiger partial charge is 0.378 e. The molecule has 0 bridgehead atoms. The lowest BCUT2D eigenvalue weighted by molar-refractivity contribution is -0.124. The zero-order valence-corrected chi connectivity index (χ0v) is 8.13. The lowest BCUT2D eigenvalue weighted by atomic mass is 9.96. The van der Waals surface area contributed by atoms with Crippen LogP contribution in [0.4, 0.5) is 0 Å². The first kappa shape index (κ1) is 9.20. The van der Waals surface area contributed by atoms with Crippen molar-refractivity contribution in [1.29, 1.82) is 0 Å². The van der Waals surface area contributed by atoms with E-state index in [1.165, 1.54) is 19.3 Å². The minimum absolute atomic E-state index is 0.250. The molecule has 13 heavy (non-hydrogen) atoms. The van der Waals surface area contributed by atoms with E-state index in [0.717, 1.165) is 31.8 Å². The summed E-state index contributed by atoms with van der Waals surface area (Å²) in [6.07, 6.45) is 7.83. The fraction of sp³-hybridized carbons (Fsp3) is 0.909. The van der Waals surface area contributed by atoms with Crippen molar-refractivity contribution in [2.45, 2.75) is 51.0 Å². The molecule has 0 aliphatic heterocycles. The van der Waals surface area contributed by atoms with Gasteiger partial charge in [0.1, 0.15) is 5.78 Å². The number of ether oxygens (including phenoxy) is 1. The molecule has 0 aromatic heterocycles. The molecule has 2 rings (SSSR count). The molecule has 1 unspecified atom stereocenters. The van der Waals surface area contributed by atoms with E-state index in [1.54, 1.807) is 0 Å². The fourth-order valence-corrected chi connectivity index (χ4v) is 1.94. The van der Waals surface area contributed by atoms with E-state index < -0.39 is 0 Å². The first-order chi connectivity index (χ1) is 6.34. The molecule has 74 valence electrons. The Morgan fingerprint density at radius 1 is 1.31 bits per heavy atom. The van der Waals surface area contributed by atoms with E-state index in [4.69, 9.17) is 4.74 Å². The van der Waals surface area contributed by atoms with Crippen LogP contribution in [-0.4, -0.2) is 18.5 Å². The van der Waals surface area contributed by atoms with Crippen LogP contribution in [0.3, 0.4) is 0 Å². The van der Waals surface area contributed by atoms with Crippen LogP contribution in [0.1, 0.15) is 44.9 Å². The second-order valence-electron chi connectivity index (χ2n) is 4.36. The van der Waals surface area contributed by atoms with Crippen molar-refractivity contribution in [2.75, 3.05) is 6.61 Å². The van der Waals surface area contributed by atoms with Crippen LogP contribution in [0.5, 0.6) is 0 Å². The van der Waals surface area contributed by atoms with Gasteiger partial charge in [-0.25, -0.2) is 0 Å². The molecular formula is C11H18O2. The molecule has 2 aliphatic rings. The van der Waals surface area contributed by atoms with Crippen LogP contribution in [-0.2, 0) is 9.53 Å². The van der Waals surface area contributed by atoms with Gasteiger partial charge < -0.3 is 4.74 Å². The topological polar surface area (TPSA) is 26.3 Å². The highest BCUT2D eigenvalue weighted by atomic mass is 16.5. The maximum absolute atomic E-state index is 11.1. The number of Topliss-reactive ketones (excluding diaryl/α,β-unsaturated/α-hetero) is 1. The minimum Gasteiger partial charge on any atom is -0.378 e. The lowest BCUT2D eigenvalue weighted by Gasteiger charge is -2.21. The van der Waals surface area contributed by atoms with E-state index in [-0.39, 0.29) is 6.10 Å². The summed E-state index contributed by atoms with van der Waals surface area (Å²) in [7, 11) is 0. The normalized spacial score (nSPS) is 29.2. The predicted octanol–water partition coefficient (Wildman–Crippen LogP) is 2.31. The smallest absolute Gasteiger partial charge is 0.135 e. The maximum atomic E-state index is 11.1. The molecule has 2 nitrogen and oxygen atoms in total. The predicted molar refractivity (Wildman–Crippen MR) is 50.6 cm³/mol. The average Bonchev–Trinajstić information content (AvgIpc) is 2.88. The van der Waals surface area contributed by atoms with Crippen molar-refractivity contribution in [2.24, 2.45) is 5.92 Å². The number of hydrogen-bond acceptors (Lipinski definition) is 2. The van der Waals surface area contributed by atoms with Crippen molar-refractivity contribution >= 4 is 5.78 Å². The van der Waals surface area contributed by atoms with E-state index >= 15 is 0 Å². The Balaban J connectivity index is 1.59. The Hall–Kier alpha value is -0.370. The lowest BCUT2D eigenvalue weighted by Crippen LogP contribution is -2.23.